The molecule has 2 aromatic rings. The highest BCUT2D eigenvalue weighted by Gasteiger charge is 2.25. The average Bonchev–Trinajstić information content (AvgIpc) is 3.04. The summed E-state index contributed by atoms with van der Waals surface area (Å²) in [6, 6.07) is 14.2. The molecular formula is C32H46ClN7O7. The van der Waals surface area contributed by atoms with Crippen LogP contribution >= 0.6 is 12.4 Å². The lowest BCUT2D eigenvalue weighted by Gasteiger charge is -2.23. The molecule has 2 unspecified atom stereocenters. The Morgan fingerprint density at radius 1 is 0.830 bits per heavy atom. The van der Waals surface area contributed by atoms with Crippen LogP contribution in [-0.4, -0.2) is 92.3 Å². The van der Waals surface area contributed by atoms with Crippen molar-refractivity contribution in [1.82, 2.24) is 26.2 Å². The zero-order valence-corrected chi connectivity index (χ0v) is 28.0. The smallest absolute Gasteiger partial charge is 0.410 e. The average molecular weight is 676 g/mol. The van der Waals surface area contributed by atoms with Crippen molar-refractivity contribution in [3.8, 4) is 0 Å². The van der Waals surface area contributed by atoms with E-state index in [1.54, 1.807) is 31.2 Å². The first-order valence-electron chi connectivity index (χ1n) is 15.0. The van der Waals surface area contributed by atoms with Gasteiger partial charge < -0.3 is 42.0 Å². The van der Waals surface area contributed by atoms with E-state index in [0.717, 1.165) is 10.5 Å². The summed E-state index contributed by atoms with van der Waals surface area (Å²) in [5.74, 6) is -2.14. The molecule has 0 aliphatic rings. The van der Waals surface area contributed by atoms with E-state index < -0.39 is 41.8 Å². The molecule has 47 heavy (non-hydrogen) atoms. The molecule has 7 N–H and O–H groups in total. The second kappa shape index (κ2) is 21.2. The van der Waals surface area contributed by atoms with Gasteiger partial charge >= 0.3 is 6.09 Å². The number of amides is 5. The molecule has 0 aromatic heterocycles. The zero-order chi connectivity index (χ0) is 34.1. The van der Waals surface area contributed by atoms with Crippen LogP contribution in [0.15, 0.2) is 54.6 Å². The van der Waals surface area contributed by atoms with Crippen molar-refractivity contribution in [1.29, 1.82) is 0 Å². The highest BCUT2D eigenvalue weighted by molar-refractivity contribution is 6.03. The molecule has 0 bridgehead atoms. The Bertz CT molecular complexity index is 1340. The third-order valence-electron chi connectivity index (χ3n) is 6.61. The monoisotopic (exact) mass is 675 g/mol. The van der Waals surface area contributed by atoms with Gasteiger partial charge in [-0.05, 0) is 37.0 Å². The molecule has 0 saturated heterocycles. The lowest BCUT2D eigenvalue weighted by molar-refractivity contribution is -0.130. The number of rotatable bonds is 18. The largest absolute Gasteiger partial charge is 0.445 e. The number of para-hydroxylation sites is 1. The van der Waals surface area contributed by atoms with Crippen molar-refractivity contribution in [2.45, 2.75) is 45.9 Å². The van der Waals surface area contributed by atoms with E-state index >= 15 is 0 Å². The van der Waals surface area contributed by atoms with Gasteiger partial charge in [-0.3, -0.25) is 24.0 Å². The number of carbonyl (C=O) groups excluding carboxylic acids is 6. The fourth-order valence-corrected chi connectivity index (χ4v) is 4.18. The zero-order valence-electron chi connectivity index (χ0n) is 27.2. The summed E-state index contributed by atoms with van der Waals surface area (Å²) in [5.41, 5.74) is 7.12. The van der Waals surface area contributed by atoms with E-state index in [2.05, 4.69) is 26.6 Å². The van der Waals surface area contributed by atoms with Crippen molar-refractivity contribution in [2.75, 3.05) is 45.1 Å². The lowest BCUT2D eigenvalue weighted by atomic mass is 10.0. The molecule has 0 saturated carbocycles. The fraction of sp³-hybridized carbons (Fsp3) is 0.438. The summed E-state index contributed by atoms with van der Waals surface area (Å²) in [5, 5.41) is 13.4. The summed E-state index contributed by atoms with van der Waals surface area (Å²) in [7, 11) is 1.44. The van der Waals surface area contributed by atoms with E-state index in [4.69, 9.17) is 10.5 Å². The van der Waals surface area contributed by atoms with Crippen molar-refractivity contribution in [2.24, 2.45) is 11.7 Å². The van der Waals surface area contributed by atoms with Crippen LogP contribution in [0.5, 0.6) is 0 Å². The number of anilines is 1. The minimum Gasteiger partial charge on any atom is -0.445 e. The maximum atomic E-state index is 13.0. The number of Topliss-reactive ketones (excluding diaryl/α,β-unsaturated/α-hetero) is 1. The van der Waals surface area contributed by atoms with Crippen molar-refractivity contribution < 1.29 is 33.5 Å². The quantitative estimate of drug-likeness (QED) is 0.0992. The molecule has 0 aliphatic heterocycles. The highest BCUT2D eigenvalue weighted by Crippen LogP contribution is 2.17. The Labute approximate surface area is 281 Å². The second-order valence-corrected chi connectivity index (χ2v) is 11.0. The number of nitrogens with one attached hydrogen (secondary N) is 5. The van der Waals surface area contributed by atoms with Crippen LogP contribution in [0.3, 0.4) is 0 Å². The molecule has 0 spiro atoms. The molecule has 0 heterocycles. The number of ketones is 1. The first-order chi connectivity index (χ1) is 21.9. The lowest BCUT2D eigenvalue weighted by Crippen LogP contribution is -2.52. The Kier molecular flexibility index (Phi) is 18.2. The van der Waals surface area contributed by atoms with Gasteiger partial charge in [0.1, 0.15) is 25.2 Å². The number of carbonyl (C=O) groups is 6. The predicted molar refractivity (Wildman–Crippen MR) is 180 cm³/mol. The summed E-state index contributed by atoms with van der Waals surface area (Å²) >= 11 is 0. The van der Waals surface area contributed by atoms with E-state index in [-0.39, 0.29) is 63.4 Å². The van der Waals surface area contributed by atoms with Crippen LogP contribution < -0.4 is 32.3 Å². The van der Waals surface area contributed by atoms with Gasteiger partial charge in [-0.15, -0.1) is 12.4 Å². The topological polar surface area (TPSA) is 201 Å². The summed E-state index contributed by atoms with van der Waals surface area (Å²) < 4.78 is 5.18. The van der Waals surface area contributed by atoms with Crippen LogP contribution in [0.25, 0.3) is 0 Å². The van der Waals surface area contributed by atoms with Crippen LogP contribution in [0.1, 0.15) is 43.1 Å². The number of benzene rings is 2. The van der Waals surface area contributed by atoms with Gasteiger partial charge in [-0.25, -0.2) is 4.79 Å². The Morgan fingerprint density at radius 2 is 1.45 bits per heavy atom. The standard InChI is InChI=1S/C32H45N7O7.ClH/c1-21(2)16-26(38-30(43)22(3)37-25-13-9-8-12-24(25)27(40)17-33)31(44)36-18-28(41)34-14-15-35-29(42)19-39(4)32(45)46-20-23-10-6-5-7-11-23;/h5-13,21-22,26,37H,14-20,33H2,1-4H3,(H,34,41)(H,35,42)(H,36,44)(H,38,43);1H. The first kappa shape index (κ1) is 40.3. The molecule has 0 fully saturated rings. The van der Waals surface area contributed by atoms with E-state index in [9.17, 15) is 28.8 Å². The Hall–Kier alpha value is -4.69. The third kappa shape index (κ3) is 15.0. The first-order valence-corrected chi connectivity index (χ1v) is 15.0. The molecule has 5 amide bonds. The number of halogens is 1. The minimum absolute atomic E-state index is 0. The minimum atomic E-state index is -0.902. The molecule has 2 aromatic carbocycles. The number of nitrogens with two attached hydrogens (primary N) is 1. The highest BCUT2D eigenvalue weighted by atomic mass is 35.5. The summed E-state index contributed by atoms with van der Waals surface area (Å²) in [6.07, 6.45) is -0.320. The Balaban J connectivity index is 0.0000110. The van der Waals surface area contributed by atoms with Crippen molar-refractivity contribution in [3.63, 3.8) is 0 Å². The van der Waals surface area contributed by atoms with Crippen LogP contribution in [0, 0.1) is 5.92 Å². The number of hydrogen-bond acceptors (Lipinski definition) is 9. The third-order valence-corrected chi connectivity index (χ3v) is 6.61. The SMILES string of the molecule is CC(C)CC(NC(=O)C(C)Nc1ccccc1C(=O)CN)C(=O)NCC(=O)NCCNC(=O)CN(C)C(=O)OCc1ccccc1.Cl. The van der Waals surface area contributed by atoms with Gasteiger partial charge in [0.05, 0.1) is 13.1 Å². The summed E-state index contributed by atoms with van der Waals surface area (Å²) in [6.45, 7) is 4.93. The van der Waals surface area contributed by atoms with Gasteiger partial charge in [0.25, 0.3) is 0 Å². The number of nitrogens with zero attached hydrogens (tertiary/aromatic N) is 1. The number of likely N-dealkylation sites (N-methyl/N-ethyl adjacent to an activating group) is 1. The van der Waals surface area contributed by atoms with Gasteiger partial charge in [0, 0.05) is 31.4 Å². The normalized spacial score (nSPS) is 11.6. The van der Waals surface area contributed by atoms with Gasteiger partial charge in [-0.1, -0.05) is 56.3 Å². The van der Waals surface area contributed by atoms with Gasteiger partial charge in [-0.2, -0.15) is 0 Å². The maximum Gasteiger partial charge on any atom is 0.410 e. The summed E-state index contributed by atoms with van der Waals surface area (Å²) in [4.78, 5) is 75.7. The second-order valence-electron chi connectivity index (χ2n) is 11.0. The number of ether oxygens (including phenoxy) is 1. The van der Waals surface area contributed by atoms with Crippen LogP contribution in [0.2, 0.25) is 0 Å². The molecule has 0 radical (unpaired) electrons. The predicted octanol–water partition coefficient (Wildman–Crippen LogP) is 1.20. The fourth-order valence-electron chi connectivity index (χ4n) is 4.18. The van der Waals surface area contributed by atoms with Crippen molar-refractivity contribution in [3.05, 3.63) is 65.7 Å². The van der Waals surface area contributed by atoms with E-state index in [1.807, 2.05) is 44.2 Å². The molecule has 2 rings (SSSR count). The van der Waals surface area contributed by atoms with Crippen LogP contribution in [0.4, 0.5) is 10.5 Å². The van der Waals surface area contributed by atoms with E-state index in [1.165, 1.54) is 7.05 Å². The van der Waals surface area contributed by atoms with Gasteiger partial charge in [0.15, 0.2) is 5.78 Å². The number of hydrogen-bond donors (Lipinski definition) is 6. The molecule has 258 valence electrons. The van der Waals surface area contributed by atoms with Crippen LogP contribution in [-0.2, 0) is 30.5 Å². The molecule has 2 atom stereocenters. The molecule has 15 heteroatoms. The van der Waals surface area contributed by atoms with Gasteiger partial charge in [0.2, 0.25) is 23.6 Å². The molecule has 14 nitrogen and oxygen atoms in total. The van der Waals surface area contributed by atoms with E-state index in [0.29, 0.717) is 17.7 Å². The molecule has 0 aliphatic carbocycles. The van der Waals surface area contributed by atoms with Crippen molar-refractivity contribution >= 4 is 53.6 Å². The molecular weight excluding hydrogens is 630 g/mol. The Morgan fingerprint density at radius 3 is 2.09 bits per heavy atom. The maximum absolute atomic E-state index is 13.0.